The van der Waals surface area contributed by atoms with Crippen molar-refractivity contribution in [2.24, 2.45) is 5.73 Å². The highest BCUT2D eigenvalue weighted by molar-refractivity contribution is 6.30. The Morgan fingerprint density at radius 2 is 2.00 bits per heavy atom. The second-order valence-electron chi connectivity index (χ2n) is 3.52. The Hall–Kier alpha value is -1.48. The van der Waals surface area contributed by atoms with Crippen molar-refractivity contribution in [3.8, 4) is 0 Å². The van der Waals surface area contributed by atoms with E-state index in [4.69, 9.17) is 22.1 Å². The minimum atomic E-state index is -0.442. The summed E-state index contributed by atoms with van der Waals surface area (Å²) >= 11 is 5.76. The molecule has 0 saturated carbocycles. The third-order valence-corrected chi connectivity index (χ3v) is 2.23. The van der Waals surface area contributed by atoms with Crippen molar-refractivity contribution in [3.05, 3.63) is 46.6 Å². The highest BCUT2D eigenvalue weighted by atomic mass is 35.5. The van der Waals surface area contributed by atoms with E-state index in [0.717, 1.165) is 5.56 Å². The van der Waals surface area contributed by atoms with Gasteiger partial charge in [-0.2, -0.15) is 0 Å². The SMILES string of the molecule is CC(N)=CC(=O)OC(C)c1ccc(Cl)cc1. The van der Waals surface area contributed by atoms with Crippen LogP contribution in [0.3, 0.4) is 0 Å². The van der Waals surface area contributed by atoms with Crippen LogP contribution in [0.5, 0.6) is 0 Å². The van der Waals surface area contributed by atoms with Crippen molar-refractivity contribution in [1.29, 1.82) is 0 Å². The van der Waals surface area contributed by atoms with Crippen LogP contribution in [0.25, 0.3) is 0 Å². The predicted molar refractivity (Wildman–Crippen MR) is 63.9 cm³/mol. The van der Waals surface area contributed by atoms with E-state index in [9.17, 15) is 4.79 Å². The Kier molecular flexibility index (Phi) is 4.38. The van der Waals surface area contributed by atoms with E-state index < -0.39 is 5.97 Å². The van der Waals surface area contributed by atoms with Crippen molar-refractivity contribution in [1.82, 2.24) is 0 Å². The van der Waals surface area contributed by atoms with Gasteiger partial charge in [-0.1, -0.05) is 23.7 Å². The van der Waals surface area contributed by atoms with Crippen LogP contribution in [-0.2, 0) is 9.53 Å². The molecule has 0 amide bonds. The van der Waals surface area contributed by atoms with E-state index in [1.165, 1.54) is 6.08 Å². The molecule has 0 heterocycles. The number of carbonyl (C=O) groups is 1. The van der Waals surface area contributed by atoms with Crippen LogP contribution < -0.4 is 5.73 Å². The Balaban J connectivity index is 2.65. The Morgan fingerprint density at radius 3 is 2.50 bits per heavy atom. The van der Waals surface area contributed by atoms with E-state index in [1.54, 1.807) is 26.0 Å². The number of ether oxygens (including phenoxy) is 1. The molecule has 0 saturated heterocycles. The highest BCUT2D eigenvalue weighted by Gasteiger charge is 2.09. The summed E-state index contributed by atoms with van der Waals surface area (Å²) in [4.78, 5) is 11.3. The zero-order valence-electron chi connectivity index (χ0n) is 9.24. The van der Waals surface area contributed by atoms with Crippen LogP contribution in [0, 0.1) is 0 Å². The summed E-state index contributed by atoms with van der Waals surface area (Å²) in [7, 11) is 0. The minimum absolute atomic E-state index is 0.319. The maximum absolute atomic E-state index is 11.3. The van der Waals surface area contributed by atoms with Gasteiger partial charge >= 0.3 is 5.97 Å². The molecule has 0 spiro atoms. The van der Waals surface area contributed by atoms with E-state index in [0.29, 0.717) is 10.7 Å². The van der Waals surface area contributed by atoms with Crippen LogP contribution in [0.15, 0.2) is 36.0 Å². The van der Waals surface area contributed by atoms with Crippen molar-refractivity contribution in [2.75, 3.05) is 0 Å². The molecule has 0 bridgehead atoms. The van der Waals surface area contributed by atoms with Crippen molar-refractivity contribution >= 4 is 17.6 Å². The van der Waals surface area contributed by atoms with Gasteiger partial charge in [-0.05, 0) is 31.5 Å². The average Bonchev–Trinajstić information content (AvgIpc) is 2.16. The molecule has 0 aromatic heterocycles. The lowest BCUT2D eigenvalue weighted by Gasteiger charge is -2.12. The molecule has 1 unspecified atom stereocenters. The number of hydrogen-bond donors (Lipinski definition) is 1. The lowest BCUT2D eigenvalue weighted by atomic mass is 10.1. The third-order valence-electron chi connectivity index (χ3n) is 1.98. The van der Waals surface area contributed by atoms with Crippen LogP contribution in [0.4, 0.5) is 0 Å². The van der Waals surface area contributed by atoms with Gasteiger partial charge in [0.2, 0.25) is 0 Å². The van der Waals surface area contributed by atoms with E-state index >= 15 is 0 Å². The number of esters is 1. The zero-order chi connectivity index (χ0) is 12.1. The van der Waals surface area contributed by atoms with Gasteiger partial charge in [-0.25, -0.2) is 4.79 Å². The summed E-state index contributed by atoms with van der Waals surface area (Å²) in [6, 6.07) is 7.15. The normalized spacial score (nSPS) is 13.3. The van der Waals surface area contributed by atoms with Crippen molar-refractivity contribution in [3.63, 3.8) is 0 Å². The molecule has 4 heteroatoms. The van der Waals surface area contributed by atoms with Crippen molar-refractivity contribution in [2.45, 2.75) is 20.0 Å². The van der Waals surface area contributed by atoms with Gasteiger partial charge in [0, 0.05) is 16.8 Å². The quantitative estimate of drug-likeness (QED) is 0.652. The molecular formula is C12H14ClNO2. The van der Waals surface area contributed by atoms with E-state index in [1.807, 2.05) is 12.1 Å². The smallest absolute Gasteiger partial charge is 0.333 e. The van der Waals surface area contributed by atoms with E-state index in [2.05, 4.69) is 0 Å². The van der Waals surface area contributed by atoms with Gasteiger partial charge in [-0.3, -0.25) is 0 Å². The summed E-state index contributed by atoms with van der Waals surface area (Å²) in [5.41, 5.74) is 6.68. The van der Waals surface area contributed by atoms with Gasteiger partial charge in [-0.15, -0.1) is 0 Å². The summed E-state index contributed by atoms with van der Waals surface area (Å²) in [5.74, 6) is -0.442. The number of rotatable bonds is 3. The topological polar surface area (TPSA) is 52.3 Å². The largest absolute Gasteiger partial charge is 0.455 e. The Bertz CT molecular complexity index is 394. The second kappa shape index (κ2) is 5.56. The third kappa shape index (κ3) is 3.95. The first-order chi connectivity index (χ1) is 7.49. The van der Waals surface area contributed by atoms with Gasteiger partial charge in [0.05, 0.1) is 0 Å². The first kappa shape index (κ1) is 12.6. The predicted octanol–water partition coefficient (Wildman–Crippen LogP) is 2.81. The van der Waals surface area contributed by atoms with Gasteiger partial charge in [0.1, 0.15) is 6.10 Å². The van der Waals surface area contributed by atoms with Gasteiger partial charge in [0.15, 0.2) is 0 Å². The second-order valence-corrected chi connectivity index (χ2v) is 3.96. The lowest BCUT2D eigenvalue weighted by Crippen LogP contribution is -2.08. The molecule has 0 aliphatic heterocycles. The first-order valence-corrected chi connectivity index (χ1v) is 5.26. The highest BCUT2D eigenvalue weighted by Crippen LogP contribution is 2.19. The molecule has 2 N–H and O–H groups in total. The van der Waals surface area contributed by atoms with Crippen LogP contribution >= 0.6 is 11.6 Å². The number of carbonyl (C=O) groups excluding carboxylic acids is 1. The summed E-state index contributed by atoms with van der Waals surface area (Å²) in [5, 5.41) is 0.653. The first-order valence-electron chi connectivity index (χ1n) is 4.89. The number of hydrogen-bond acceptors (Lipinski definition) is 3. The Morgan fingerprint density at radius 1 is 1.44 bits per heavy atom. The maximum atomic E-state index is 11.3. The molecule has 0 aliphatic carbocycles. The molecule has 1 atom stereocenters. The molecule has 1 rings (SSSR count). The number of halogens is 1. The molecule has 3 nitrogen and oxygen atoms in total. The number of benzene rings is 1. The lowest BCUT2D eigenvalue weighted by molar-refractivity contribution is -0.142. The average molecular weight is 240 g/mol. The summed E-state index contributed by atoms with van der Waals surface area (Å²) in [6.45, 7) is 3.43. The number of allylic oxidation sites excluding steroid dienone is 1. The molecule has 1 aromatic carbocycles. The van der Waals surface area contributed by atoms with Crippen LogP contribution in [0.2, 0.25) is 5.02 Å². The molecule has 0 aliphatic rings. The summed E-state index contributed by atoms with van der Waals surface area (Å²) in [6.07, 6.45) is 0.937. The van der Waals surface area contributed by atoms with Gasteiger partial charge < -0.3 is 10.5 Å². The van der Waals surface area contributed by atoms with E-state index in [-0.39, 0.29) is 6.10 Å². The standard InChI is InChI=1S/C12H14ClNO2/c1-8(14)7-12(15)16-9(2)10-3-5-11(13)6-4-10/h3-7,9H,14H2,1-2H3. The fourth-order valence-corrected chi connectivity index (χ4v) is 1.32. The number of nitrogens with two attached hydrogens (primary N) is 1. The molecule has 0 radical (unpaired) electrons. The maximum Gasteiger partial charge on any atom is 0.333 e. The molecule has 16 heavy (non-hydrogen) atoms. The van der Waals surface area contributed by atoms with Crippen LogP contribution in [-0.4, -0.2) is 5.97 Å². The van der Waals surface area contributed by atoms with Crippen molar-refractivity contribution < 1.29 is 9.53 Å². The monoisotopic (exact) mass is 239 g/mol. The Labute approximate surface area is 99.8 Å². The van der Waals surface area contributed by atoms with Gasteiger partial charge in [0.25, 0.3) is 0 Å². The molecule has 1 aromatic rings. The molecule has 0 fully saturated rings. The molecule has 86 valence electrons. The van der Waals surface area contributed by atoms with Crippen LogP contribution in [0.1, 0.15) is 25.5 Å². The zero-order valence-corrected chi connectivity index (χ0v) is 9.99. The fraction of sp³-hybridized carbons (Fsp3) is 0.250. The fourth-order valence-electron chi connectivity index (χ4n) is 1.20. The summed E-state index contributed by atoms with van der Waals surface area (Å²) < 4.78 is 5.15. The minimum Gasteiger partial charge on any atom is -0.455 e. The molecular weight excluding hydrogens is 226 g/mol.